The highest BCUT2D eigenvalue weighted by Gasteiger charge is 2.52. The molecule has 1 heterocycles. The van der Waals surface area contributed by atoms with Crippen molar-refractivity contribution in [2.75, 3.05) is 13.2 Å². The van der Waals surface area contributed by atoms with Crippen molar-refractivity contribution in [2.24, 2.45) is 0 Å². The number of amides is 1. The van der Waals surface area contributed by atoms with Gasteiger partial charge in [0.25, 0.3) is 0 Å². The van der Waals surface area contributed by atoms with Gasteiger partial charge in [-0.1, -0.05) is 30.3 Å². The number of carbonyl (C=O) groups excluding carboxylic acids is 1. The van der Waals surface area contributed by atoms with Crippen LogP contribution in [-0.4, -0.2) is 48.3 Å². The predicted octanol–water partition coefficient (Wildman–Crippen LogP) is 3.76. The van der Waals surface area contributed by atoms with Crippen molar-refractivity contribution in [3.05, 3.63) is 40.9 Å². The van der Waals surface area contributed by atoms with E-state index in [0.717, 1.165) is 16.6 Å². The standard InChI is InChI=1S/C22H34BNO5/c1-20(2,3)27-19(26)24-15-18(23-28-21(4,5)22(6,7)29-23)14-17-10-8-16(9-11-17)12-13-25/h8-11,14,25H,12-13,15H2,1-7H3,(H,24,26). The Hall–Kier alpha value is -1.83. The quantitative estimate of drug-likeness (QED) is 0.708. The zero-order valence-corrected chi connectivity index (χ0v) is 18.7. The van der Waals surface area contributed by atoms with Crippen LogP contribution >= 0.6 is 0 Å². The normalized spacial score (nSPS) is 18.6. The van der Waals surface area contributed by atoms with Crippen LogP contribution < -0.4 is 5.32 Å². The Morgan fingerprint density at radius 3 is 2.17 bits per heavy atom. The average molecular weight is 403 g/mol. The van der Waals surface area contributed by atoms with Gasteiger partial charge in [0.1, 0.15) is 5.60 Å². The summed E-state index contributed by atoms with van der Waals surface area (Å²) in [5.41, 5.74) is 1.29. The smallest absolute Gasteiger partial charge is 0.444 e. The Morgan fingerprint density at radius 2 is 1.69 bits per heavy atom. The molecule has 0 aliphatic carbocycles. The molecule has 0 unspecified atom stereocenters. The zero-order chi connectivity index (χ0) is 21.9. The van der Waals surface area contributed by atoms with Crippen LogP contribution in [0.25, 0.3) is 6.08 Å². The van der Waals surface area contributed by atoms with E-state index in [1.54, 1.807) is 0 Å². The molecule has 1 fully saturated rings. The van der Waals surface area contributed by atoms with Crippen molar-refractivity contribution in [3.8, 4) is 0 Å². The molecular weight excluding hydrogens is 369 g/mol. The maximum atomic E-state index is 12.1. The summed E-state index contributed by atoms with van der Waals surface area (Å²) >= 11 is 0. The number of nitrogens with one attached hydrogen (secondary N) is 1. The molecule has 0 atom stereocenters. The molecule has 6 nitrogen and oxygen atoms in total. The van der Waals surface area contributed by atoms with Gasteiger partial charge in [-0.3, -0.25) is 0 Å². The predicted molar refractivity (Wildman–Crippen MR) is 116 cm³/mol. The monoisotopic (exact) mass is 403 g/mol. The lowest BCUT2D eigenvalue weighted by Crippen LogP contribution is -2.41. The van der Waals surface area contributed by atoms with Crippen LogP contribution in [0.4, 0.5) is 4.79 Å². The molecule has 0 aromatic heterocycles. The molecular formula is C22H34BNO5. The number of hydrogen-bond acceptors (Lipinski definition) is 5. The van der Waals surface area contributed by atoms with Gasteiger partial charge in [-0.2, -0.15) is 0 Å². The molecule has 29 heavy (non-hydrogen) atoms. The summed E-state index contributed by atoms with van der Waals surface area (Å²) in [5, 5.41) is 11.9. The van der Waals surface area contributed by atoms with Gasteiger partial charge in [0.05, 0.1) is 11.2 Å². The van der Waals surface area contributed by atoms with E-state index < -0.39 is 30.0 Å². The second-order valence-corrected chi connectivity index (χ2v) is 9.38. The number of aliphatic hydroxyl groups is 1. The van der Waals surface area contributed by atoms with Crippen molar-refractivity contribution < 1.29 is 23.9 Å². The average Bonchev–Trinajstić information content (AvgIpc) is 2.79. The minimum atomic E-state index is -0.577. The Labute approximate surface area is 174 Å². The minimum Gasteiger partial charge on any atom is -0.444 e. The molecule has 2 rings (SSSR count). The Morgan fingerprint density at radius 1 is 1.14 bits per heavy atom. The number of ether oxygens (including phenoxy) is 1. The number of aliphatic hydroxyl groups excluding tert-OH is 1. The van der Waals surface area contributed by atoms with E-state index in [1.807, 2.05) is 78.8 Å². The molecule has 1 aliphatic rings. The molecule has 1 aromatic carbocycles. The first-order valence-electron chi connectivity index (χ1n) is 10.1. The first-order chi connectivity index (χ1) is 13.3. The lowest BCUT2D eigenvalue weighted by molar-refractivity contribution is 0.00578. The van der Waals surface area contributed by atoms with Crippen molar-refractivity contribution in [2.45, 2.75) is 71.7 Å². The van der Waals surface area contributed by atoms with Crippen molar-refractivity contribution in [1.29, 1.82) is 0 Å². The molecule has 1 aromatic rings. The van der Waals surface area contributed by atoms with E-state index in [1.165, 1.54) is 0 Å². The number of alkyl carbamates (subject to hydrolysis) is 1. The highest BCUT2D eigenvalue weighted by molar-refractivity contribution is 6.56. The fourth-order valence-electron chi connectivity index (χ4n) is 2.81. The Bertz CT molecular complexity index is 719. The molecule has 2 N–H and O–H groups in total. The first kappa shape index (κ1) is 23.5. The van der Waals surface area contributed by atoms with E-state index in [9.17, 15) is 4.79 Å². The van der Waals surface area contributed by atoms with Crippen LogP contribution in [0.1, 0.15) is 59.6 Å². The third kappa shape index (κ3) is 6.59. The molecule has 0 spiro atoms. The van der Waals surface area contributed by atoms with E-state index >= 15 is 0 Å². The van der Waals surface area contributed by atoms with Gasteiger partial charge in [0.15, 0.2) is 0 Å². The first-order valence-corrected chi connectivity index (χ1v) is 10.1. The summed E-state index contributed by atoms with van der Waals surface area (Å²) in [7, 11) is -0.577. The van der Waals surface area contributed by atoms with Crippen molar-refractivity contribution in [3.63, 3.8) is 0 Å². The number of benzene rings is 1. The summed E-state index contributed by atoms with van der Waals surface area (Å²) in [6, 6.07) is 7.91. The molecule has 0 saturated carbocycles. The Balaban J connectivity index is 2.22. The fourth-order valence-corrected chi connectivity index (χ4v) is 2.81. The second-order valence-electron chi connectivity index (χ2n) is 9.38. The highest BCUT2D eigenvalue weighted by Crippen LogP contribution is 2.38. The fraction of sp³-hybridized carbons (Fsp3) is 0.591. The van der Waals surface area contributed by atoms with Gasteiger partial charge < -0.3 is 24.5 Å². The van der Waals surface area contributed by atoms with E-state index in [0.29, 0.717) is 6.42 Å². The van der Waals surface area contributed by atoms with E-state index in [4.69, 9.17) is 19.2 Å². The summed E-state index contributed by atoms with van der Waals surface area (Å²) in [5.74, 6) is 0. The summed E-state index contributed by atoms with van der Waals surface area (Å²) in [6.07, 6.45) is 2.09. The molecule has 0 bridgehead atoms. The second kappa shape index (κ2) is 8.90. The molecule has 1 aliphatic heterocycles. The third-order valence-electron chi connectivity index (χ3n) is 5.12. The molecule has 1 amide bonds. The summed E-state index contributed by atoms with van der Waals surface area (Å²) in [4.78, 5) is 12.1. The lowest BCUT2D eigenvalue weighted by atomic mass is 9.77. The molecule has 160 valence electrons. The molecule has 7 heteroatoms. The maximum absolute atomic E-state index is 12.1. The maximum Gasteiger partial charge on any atom is 0.492 e. The van der Waals surface area contributed by atoms with Gasteiger partial charge in [0.2, 0.25) is 0 Å². The number of rotatable bonds is 6. The van der Waals surface area contributed by atoms with Gasteiger partial charge in [0, 0.05) is 13.2 Å². The van der Waals surface area contributed by atoms with Crippen molar-refractivity contribution >= 4 is 19.3 Å². The van der Waals surface area contributed by atoms with Crippen LogP contribution in [0.15, 0.2) is 29.7 Å². The van der Waals surface area contributed by atoms with Crippen LogP contribution in [-0.2, 0) is 20.5 Å². The summed E-state index contributed by atoms with van der Waals surface area (Å²) in [6.45, 7) is 13.8. The summed E-state index contributed by atoms with van der Waals surface area (Å²) < 4.78 is 17.7. The minimum absolute atomic E-state index is 0.119. The SMILES string of the molecule is CC(C)(C)OC(=O)NCC(=Cc1ccc(CCO)cc1)B1OC(C)(C)C(C)(C)O1. The van der Waals surface area contributed by atoms with Crippen molar-refractivity contribution in [1.82, 2.24) is 5.32 Å². The van der Waals surface area contributed by atoms with E-state index in [2.05, 4.69) is 5.32 Å². The van der Waals surface area contributed by atoms with Crippen LogP contribution in [0, 0.1) is 0 Å². The van der Waals surface area contributed by atoms with Gasteiger partial charge in [-0.05, 0) is 71.5 Å². The van der Waals surface area contributed by atoms with Crippen LogP contribution in [0.3, 0.4) is 0 Å². The van der Waals surface area contributed by atoms with Gasteiger partial charge in [-0.15, -0.1) is 0 Å². The highest BCUT2D eigenvalue weighted by atomic mass is 16.7. The molecule has 1 saturated heterocycles. The van der Waals surface area contributed by atoms with Gasteiger partial charge >= 0.3 is 13.2 Å². The third-order valence-corrected chi connectivity index (χ3v) is 5.12. The number of hydrogen-bond donors (Lipinski definition) is 2. The van der Waals surface area contributed by atoms with Gasteiger partial charge in [-0.25, -0.2) is 4.79 Å². The number of carbonyl (C=O) groups is 1. The van der Waals surface area contributed by atoms with Crippen LogP contribution in [0.5, 0.6) is 0 Å². The topological polar surface area (TPSA) is 77.0 Å². The Kier molecular flexibility index (Phi) is 7.20. The lowest BCUT2D eigenvalue weighted by Gasteiger charge is -2.32. The zero-order valence-electron chi connectivity index (χ0n) is 18.7. The van der Waals surface area contributed by atoms with E-state index in [-0.39, 0.29) is 13.2 Å². The largest absolute Gasteiger partial charge is 0.492 e. The van der Waals surface area contributed by atoms with Crippen LogP contribution in [0.2, 0.25) is 0 Å². The molecule has 0 radical (unpaired) electrons.